The van der Waals surface area contributed by atoms with E-state index in [1.165, 1.54) is 0 Å². The van der Waals surface area contributed by atoms with E-state index in [1.807, 2.05) is 91.0 Å². The molecular weight excluding hydrogens is 395 g/mol. The van der Waals surface area contributed by atoms with Crippen LogP contribution in [0.4, 0.5) is 4.39 Å². The predicted octanol–water partition coefficient (Wildman–Crippen LogP) is 5.07. The minimum absolute atomic E-state index is 0.110. The van der Waals surface area contributed by atoms with Gasteiger partial charge in [-0.2, -0.15) is 0 Å². The van der Waals surface area contributed by atoms with Crippen LogP contribution in [0.3, 0.4) is 0 Å². The van der Waals surface area contributed by atoms with Crippen molar-refractivity contribution in [3.8, 4) is 0 Å². The number of ether oxygens (including phenoxy) is 4. The normalized spacial score (nSPS) is 23.5. The molecule has 1 fully saturated rings. The van der Waals surface area contributed by atoms with Gasteiger partial charge in [0.05, 0.1) is 26.4 Å². The molecule has 0 aliphatic carbocycles. The highest BCUT2D eigenvalue weighted by Crippen LogP contribution is 2.27. The van der Waals surface area contributed by atoms with Crippen molar-refractivity contribution in [1.82, 2.24) is 0 Å². The molecule has 3 aromatic rings. The Bertz CT molecular complexity index is 891. The zero-order chi connectivity index (χ0) is 21.3. The van der Waals surface area contributed by atoms with Crippen LogP contribution in [0.2, 0.25) is 0 Å². The second-order valence-corrected chi connectivity index (χ2v) is 7.54. The smallest absolute Gasteiger partial charge is 0.228 e. The topological polar surface area (TPSA) is 36.9 Å². The number of hydrogen-bond donors (Lipinski definition) is 0. The summed E-state index contributed by atoms with van der Waals surface area (Å²) in [5.41, 5.74) is 3.00. The number of hydrogen-bond acceptors (Lipinski definition) is 4. The van der Waals surface area contributed by atoms with E-state index >= 15 is 0 Å². The molecule has 1 heterocycles. The van der Waals surface area contributed by atoms with Crippen molar-refractivity contribution in [2.24, 2.45) is 0 Å². The second-order valence-electron chi connectivity index (χ2n) is 7.54. The molecule has 0 bridgehead atoms. The van der Waals surface area contributed by atoms with Crippen LogP contribution in [0.25, 0.3) is 0 Å². The first-order valence-electron chi connectivity index (χ1n) is 10.5. The maximum Gasteiger partial charge on any atom is 0.228 e. The van der Waals surface area contributed by atoms with Crippen molar-refractivity contribution in [1.29, 1.82) is 0 Å². The lowest BCUT2D eigenvalue weighted by Crippen LogP contribution is -2.54. The summed E-state index contributed by atoms with van der Waals surface area (Å²) in [5, 5.41) is 0. The molecule has 31 heavy (non-hydrogen) atoms. The number of rotatable bonds is 9. The molecule has 4 nitrogen and oxygen atoms in total. The van der Waals surface area contributed by atoms with Crippen molar-refractivity contribution >= 4 is 0 Å². The zero-order valence-corrected chi connectivity index (χ0v) is 17.3. The summed E-state index contributed by atoms with van der Waals surface area (Å²) in [4.78, 5) is 0. The third-order valence-corrected chi connectivity index (χ3v) is 5.25. The number of benzene rings is 3. The van der Waals surface area contributed by atoms with Crippen LogP contribution in [0, 0.1) is 0 Å². The van der Waals surface area contributed by atoms with Crippen molar-refractivity contribution in [2.45, 2.75) is 44.5 Å². The summed E-state index contributed by atoms with van der Waals surface area (Å²) in [6.45, 7) is 1.11. The summed E-state index contributed by atoms with van der Waals surface area (Å²) in [6.07, 6.45) is -3.52. The molecule has 0 radical (unpaired) electrons. The Kier molecular flexibility index (Phi) is 7.80. The first kappa shape index (κ1) is 21.7. The monoisotopic (exact) mass is 422 g/mol. The fraction of sp³-hybridized carbons (Fsp3) is 0.308. The third-order valence-electron chi connectivity index (χ3n) is 5.25. The van der Waals surface area contributed by atoms with Gasteiger partial charge in [-0.3, -0.25) is 0 Å². The van der Waals surface area contributed by atoms with Gasteiger partial charge in [0, 0.05) is 0 Å². The molecule has 4 atom stereocenters. The maximum atomic E-state index is 14.8. The molecule has 1 aliphatic rings. The van der Waals surface area contributed by atoms with Gasteiger partial charge in [0.1, 0.15) is 18.3 Å². The van der Waals surface area contributed by atoms with Gasteiger partial charge < -0.3 is 18.9 Å². The summed E-state index contributed by atoms with van der Waals surface area (Å²) >= 11 is 0. The molecule has 0 saturated carbocycles. The average molecular weight is 422 g/mol. The van der Waals surface area contributed by atoms with E-state index in [9.17, 15) is 4.39 Å². The van der Waals surface area contributed by atoms with Crippen LogP contribution in [0.15, 0.2) is 91.0 Å². The van der Waals surface area contributed by atoms with Crippen LogP contribution in [0.1, 0.15) is 16.7 Å². The Morgan fingerprint density at radius 1 is 0.613 bits per heavy atom. The first-order valence-corrected chi connectivity index (χ1v) is 10.5. The van der Waals surface area contributed by atoms with Crippen molar-refractivity contribution in [2.75, 3.05) is 6.61 Å². The summed E-state index contributed by atoms with van der Waals surface area (Å²) in [6, 6.07) is 29.4. The van der Waals surface area contributed by atoms with E-state index in [-0.39, 0.29) is 13.2 Å². The predicted molar refractivity (Wildman–Crippen MR) is 116 cm³/mol. The van der Waals surface area contributed by atoms with Gasteiger partial charge in [-0.05, 0) is 16.7 Å². The fourth-order valence-electron chi connectivity index (χ4n) is 3.56. The highest BCUT2D eigenvalue weighted by atomic mass is 19.1. The quantitative estimate of drug-likeness (QED) is 0.483. The molecule has 162 valence electrons. The highest BCUT2D eigenvalue weighted by Gasteiger charge is 2.43. The minimum Gasteiger partial charge on any atom is -0.368 e. The Balaban J connectivity index is 1.46. The zero-order valence-electron chi connectivity index (χ0n) is 17.3. The average Bonchev–Trinajstić information content (AvgIpc) is 2.83. The van der Waals surface area contributed by atoms with Crippen LogP contribution >= 0.6 is 0 Å². The Morgan fingerprint density at radius 2 is 1.03 bits per heavy atom. The highest BCUT2D eigenvalue weighted by molar-refractivity contribution is 5.15. The van der Waals surface area contributed by atoms with Gasteiger partial charge in [-0.25, -0.2) is 4.39 Å². The lowest BCUT2D eigenvalue weighted by molar-refractivity contribution is -0.266. The Hall–Kier alpha value is -2.57. The fourth-order valence-corrected chi connectivity index (χ4v) is 3.56. The summed E-state index contributed by atoms with van der Waals surface area (Å²) in [7, 11) is 0. The van der Waals surface area contributed by atoms with E-state index in [0.717, 1.165) is 16.7 Å². The van der Waals surface area contributed by atoms with E-state index < -0.39 is 24.7 Å². The van der Waals surface area contributed by atoms with Crippen molar-refractivity contribution in [3.05, 3.63) is 108 Å². The Labute approximate surface area is 182 Å². The van der Waals surface area contributed by atoms with Crippen LogP contribution in [0.5, 0.6) is 0 Å². The van der Waals surface area contributed by atoms with E-state index in [0.29, 0.717) is 13.2 Å². The Morgan fingerprint density at radius 3 is 1.52 bits per heavy atom. The lowest BCUT2D eigenvalue weighted by Gasteiger charge is -2.39. The molecule has 4 rings (SSSR count). The molecular formula is C26H27FO4. The third kappa shape index (κ3) is 6.21. The molecule has 0 amide bonds. The molecule has 1 unspecified atom stereocenters. The van der Waals surface area contributed by atoms with Crippen molar-refractivity contribution in [3.63, 3.8) is 0 Å². The summed E-state index contributed by atoms with van der Waals surface area (Å²) < 4.78 is 38.4. The van der Waals surface area contributed by atoms with Gasteiger partial charge in [0.2, 0.25) is 6.36 Å². The van der Waals surface area contributed by atoms with Gasteiger partial charge in [-0.15, -0.1) is 0 Å². The molecule has 0 N–H and O–H groups in total. The van der Waals surface area contributed by atoms with Gasteiger partial charge in [0.15, 0.2) is 0 Å². The largest absolute Gasteiger partial charge is 0.368 e. The number of alkyl halides is 1. The van der Waals surface area contributed by atoms with Gasteiger partial charge in [0.25, 0.3) is 0 Å². The summed E-state index contributed by atoms with van der Waals surface area (Å²) in [5.74, 6) is 0. The number of halogens is 1. The second kappa shape index (κ2) is 11.2. The standard InChI is InChI=1S/C26H27FO4/c27-26-25(30-18-22-14-8-3-9-15-22)24(29-17-21-12-6-2-7-13-21)23(19-31-26)28-16-20-10-4-1-5-11-20/h1-15,23-26H,16-19H2/t23-,24-,25+,26?/m0/s1. The molecule has 1 saturated heterocycles. The van der Waals surface area contributed by atoms with Gasteiger partial charge in [-0.1, -0.05) is 91.0 Å². The van der Waals surface area contributed by atoms with Crippen LogP contribution in [-0.4, -0.2) is 31.3 Å². The molecule has 1 aliphatic heterocycles. The van der Waals surface area contributed by atoms with Crippen LogP contribution in [-0.2, 0) is 38.8 Å². The van der Waals surface area contributed by atoms with Crippen molar-refractivity contribution < 1.29 is 23.3 Å². The van der Waals surface area contributed by atoms with E-state index in [4.69, 9.17) is 18.9 Å². The minimum atomic E-state index is -1.58. The molecule has 0 spiro atoms. The first-order chi connectivity index (χ1) is 15.3. The molecule has 0 aromatic heterocycles. The van der Waals surface area contributed by atoms with E-state index in [1.54, 1.807) is 0 Å². The lowest BCUT2D eigenvalue weighted by atomic mass is 10.0. The maximum absolute atomic E-state index is 14.8. The SMILES string of the molecule is FC1OC[C@H](OCc2ccccc2)[C@H](OCc2ccccc2)[C@H]1OCc1ccccc1. The molecule has 3 aromatic carbocycles. The van der Waals surface area contributed by atoms with Gasteiger partial charge >= 0.3 is 0 Å². The molecule has 5 heteroatoms. The van der Waals surface area contributed by atoms with Crippen LogP contribution < -0.4 is 0 Å². The van der Waals surface area contributed by atoms with E-state index in [2.05, 4.69) is 0 Å².